The predicted molar refractivity (Wildman–Crippen MR) is 70.2 cm³/mol. The third kappa shape index (κ3) is 4.79. The highest BCUT2D eigenvalue weighted by atomic mass is 19.4. The molecule has 1 aromatic heterocycles. The van der Waals surface area contributed by atoms with E-state index < -0.39 is 12.8 Å². The number of anilines is 1. The second-order valence-electron chi connectivity index (χ2n) is 4.12. The van der Waals surface area contributed by atoms with Gasteiger partial charge in [-0.2, -0.15) is 13.2 Å². The van der Waals surface area contributed by atoms with Crippen LogP contribution in [0.5, 0.6) is 5.75 Å². The Morgan fingerprint density at radius 2 is 1.71 bits per heavy atom. The molecule has 0 bridgehead atoms. The Balaban J connectivity index is 1.95. The fourth-order valence-corrected chi connectivity index (χ4v) is 1.51. The van der Waals surface area contributed by atoms with Crippen molar-refractivity contribution in [3.63, 3.8) is 0 Å². The molecule has 0 aliphatic heterocycles. The number of hydrogen-bond donors (Lipinski definition) is 1. The maximum absolute atomic E-state index is 12.0. The summed E-state index contributed by atoms with van der Waals surface area (Å²) in [6.07, 6.45) is -1.40. The Morgan fingerprint density at radius 3 is 2.29 bits per heavy atom. The van der Waals surface area contributed by atoms with Gasteiger partial charge in [0, 0.05) is 23.6 Å². The Labute approximate surface area is 118 Å². The molecule has 2 rings (SSSR count). The maximum Gasteiger partial charge on any atom is 0.422 e. The molecule has 0 radical (unpaired) electrons. The molecule has 1 amide bonds. The minimum atomic E-state index is -4.38. The maximum atomic E-state index is 12.0. The molecule has 2 aromatic rings. The summed E-state index contributed by atoms with van der Waals surface area (Å²) in [7, 11) is 0. The van der Waals surface area contributed by atoms with Crippen LogP contribution in [0.1, 0.15) is 10.4 Å². The van der Waals surface area contributed by atoms with E-state index in [1.54, 1.807) is 12.1 Å². The molecule has 0 saturated heterocycles. The van der Waals surface area contributed by atoms with Gasteiger partial charge in [0.05, 0.1) is 0 Å². The largest absolute Gasteiger partial charge is 0.484 e. The summed E-state index contributed by atoms with van der Waals surface area (Å²) >= 11 is 0. The van der Waals surface area contributed by atoms with Gasteiger partial charge in [0.1, 0.15) is 5.75 Å². The topological polar surface area (TPSA) is 51.2 Å². The van der Waals surface area contributed by atoms with Crippen molar-refractivity contribution < 1.29 is 22.7 Å². The number of amides is 1. The summed E-state index contributed by atoms with van der Waals surface area (Å²) < 4.78 is 40.5. The molecule has 0 fully saturated rings. The van der Waals surface area contributed by atoms with Gasteiger partial charge in [-0.25, -0.2) is 0 Å². The number of benzene rings is 1. The van der Waals surface area contributed by atoms with Gasteiger partial charge in [-0.05, 0) is 36.4 Å². The quantitative estimate of drug-likeness (QED) is 0.942. The Morgan fingerprint density at radius 1 is 1.10 bits per heavy atom. The summed E-state index contributed by atoms with van der Waals surface area (Å²) in [4.78, 5) is 15.6. The second-order valence-corrected chi connectivity index (χ2v) is 4.12. The lowest BCUT2D eigenvalue weighted by Crippen LogP contribution is -2.19. The molecule has 0 atom stereocenters. The highest BCUT2D eigenvalue weighted by Crippen LogP contribution is 2.20. The van der Waals surface area contributed by atoms with E-state index in [0.717, 1.165) is 0 Å². The van der Waals surface area contributed by atoms with Crippen LogP contribution in [0.25, 0.3) is 0 Å². The number of alkyl halides is 3. The van der Waals surface area contributed by atoms with E-state index >= 15 is 0 Å². The van der Waals surface area contributed by atoms with Crippen molar-refractivity contribution >= 4 is 11.6 Å². The first-order chi connectivity index (χ1) is 9.94. The summed E-state index contributed by atoms with van der Waals surface area (Å²) in [6.45, 7) is -1.35. The van der Waals surface area contributed by atoms with Gasteiger partial charge in [-0.15, -0.1) is 0 Å². The number of ether oxygens (including phenoxy) is 1. The molecule has 0 aliphatic rings. The fourth-order valence-electron chi connectivity index (χ4n) is 1.51. The number of carbonyl (C=O) groups is 1. The molecular formula is C14H11F3N2O2. The van der Waals surface area contributed by atoms with Crippen LogP contribution in [0, 0.1) is 0 Å². The average molecular weight is 296 g/mol. The zero-order valence-corrected chi connectivity index (χ0v) is 10.7. The van der Waals surface area contributed by atoms with E-state index in [-0.39, 0.29) is 11.7 Å². The van der Waals surface area contributed by atoms with Crippen LogP contribution in [0.15, 0.2) is 48.8 Å². The fraction of sp³-hybridized carbons (Fsp3) is 0.143. The van der Waals surface area contributed by atoms with E-state index in [1.165, 1.54) is 36.7 Å². The number of nitrogens with one attached hydrogen (secondary N) is 1. The van der Waals surface area contributed by atoms with Crippen LogP contribution >= 0.6 is 0 Å². The van der Waals surface area contributed by atoms with E-state index in [2.05, 4.69) is 15.0 Å². The van der Waals surface area contributed by atoms with Gasteiger partial charge < -0.3 is 10.1 Å². The molecule has 0 saturated carbocycles. The van der Waals surface area contributed by atoms with Gasteiger partial charge >= 0.3 is 6.18 Å². The molecule has 1 aromatic carbocycles. The van der Waals surface area contributed by atoms with Crippen molar-refractivity contribution in [2.24, 2.45) is 0 Å². The highest BCUT2D eigenvalue weighted by molar-refractivity contribution is 6.04. The summed E-state index contributed by atoms with van der Waals surface area (Å²) in [5.41, 5.74) is 0.888. The van der Waals surface area contributed by atoms with Crippen molar-refractivity contribution in [2.75, 3.05) is 11.9 Å². The van der Waals surface area contributed by atoms with Gasteiger partial charge in [0.25, 0.3) is 5.91 Å². The molecule has 1 N–H and O–H groups in total. The number of nitrogens with zero attached hydrogens (tertiary/aromatic N) is 1. The summed E-state index contributed by atoms with van der Waals surface area (Å²) in [6, 6.07) is 8.74. The lowest BCUT2D eigenvalue weighted by molar-refractivity contribution is -0.153. The predicted octanol–water partition coefficient (Wildman–Crippen LogP) is 3.28. The lowest BCUT2D eigenvalue weighted by Gasteiger charge is -2.10. The number of pyridine rings is 1. The second kappa shape index (κ2) is 6.25. The number of aromatic nitrogens is 1. The molecule has 1 heterocycles. The Kier molecular flexibility index (Phi) is 4.42. The number of hydrogen-bond acceptors (Lipinski definition) is 3. The van der Waals surface area contributed by atoms with E-state index in [4.69, 9.17) is 0 Å². The monoisotopic (exact) mass is 296 g/mol. The molecule has 7 heteroatoms. The number of carbonyl (C=O) groups excluding carboxylic acids is 1. The normalized spacial score (nSPS) is 11.0. The molecule has 110 valence electrons. The van der Waals surface area contributed by atoms with Crippen LogP contribution in [0.2, 0.25) is 0 Å². The van der Waals surface area contributed by atoms with Gasteiger partial charge in [-0.1, -0.05) is 0 Å². The number of halogens is 3. The van der Waals surface area contributed by atoms with Crippen LogP contribution in [-0.2, 0) is 0 Å². The zero-order chi connectivity index (χ0) is 15.3. The van der Waals surface area contributed by atoms with E-state index in [9.17, 15) is 18.0 Å². The van der Waals surface area contributed by atoms with E-state index in [1.807, 2.05) is 0 Å². The first-order valence-electron chi connectivity index (χ1n) is 5.95. The SMILES string of the molecule is O=C(Nc1ccc(OCC(F)(F)F)cc1)c1ccncc1. The van der Waals surface area contributed by atoms with Crippen molar-refractivity contribution in [3.05, 3.63) is 54.4 Å². The van der Waals surface area contributed by atoms with Crippen LogP contribution in [0.3, 0.4) is 0 Å². The standard InChI is InChI=1S/C14H11F3N2O2/c15-14(16,17)9-21-12-3-1-11(2-4-12)19-13(20)10-5-7-18-8-6-10/h1-8H,9H2,(H,19,20). The molecule has 0 spiro atoms. The first-order valence-corrected chi connectivity index (χ1v) is 5.95. The first kappa shape index (κ1) is 14.8. The van der Waals surface area contributed by atoms with Gasteiger partial charge in [0.15, 0.2) is 6.61 Å². The van der Waals surface area contributed by atoms with E-state index in [0.29, 0.717) is 11.3 Å². The molecule has 4 nitrogen and oxygen atoms in total. The van der Waals surface area contributed by atoms with Gasteiger partial charge in [-0.3, -0.25) is 9.78 Å². The van der Waals surface area contributed by atoms with Crippen molar-refractivity contribution in [3.8, 4) is 5.75 Å². The number of rotatable bonds is 4. The molecule has 0 aliphatic carbocycles. The van der Waals surface area contributed by atoms with Crippen molar-refractivity contribution in [1.82, 2.24) is 4.98 Å². The van der Waals surface area contributed by atoms with Crippen molar-refractivity contribution in [1.29, 1.82) is 0 Å². The zero-order valence-electron chi connectivity index (χ0n) is 10.7. The molecular weight excluding hydrogens is 285 g/mol. The minimum absolute atomic E-state index is 0.0780. The third-order valence-electron chi connectivity index (χ3n) is 2.46. The third-order valence-corrected chi connectivity index (χ3v) is 2.46. The van der Waals surface area contributed by atoms with Crippen LogP contribution < -0.4 is 10.1 Å². The summed E-state index contributed by atoms with van der Waals surface area (Å²) in [5, 5.41) is 2.61. The highest BCUT2D eigenvalue weighted by Gasteiger charge is 2.28. The van der Waals surface area contributed by atoms with Crippen molar-refractivity contribution in [2.45, 2.75) is 6.18 Å². The smallest absolute Gasteiger partial charge is 0.422 e. The van der Waals surface area contributed by atoms with Gasteiger partial charge in [0.2, 0.25) is 0 Å². The minimum Gasteiger partial charge on any atom is -0.484 e. The molecule has 21 heavy (non-hydrogen) atoms. The summed E-state index contributed by atoms with van der Waals surface area (Å²) in [5.74, 6) is -0.254. The van der Waals surface area contributed by atoms with Crippen LogP contribution in [-0.4, -0.2) is 23.7 Å². The lowest BCUT2D eigenvalue weighted by atomic mass is 10.2. The molecule has 0 unspecified atom stereocenters. The Hall–Kier alpha value is -2.57. The van der Waals surface area contributed by atoms with Crippen LogP contribution in [0.4, 0.5) is 18.9 Å². The average Bonchev–Trinajstić information content (AvgIpc) is 2.46. The Bertz CT molecular complexity index is 598.